The van der Waals surface area contributed by atoms with Crippen LogP contribution in [0.3, 0.4) is 0 Å². The van der Waals surface area contributed by atoms with E-state index in [-0.39, 0.29) is 5.16 Å². The van der Waals surface area contributed by atoms with Gasteiger partial charge in [-0.25, -0.2) is 9.78 Å². The summed E-state index contributed by atoms with van der Waals surface area (Å²) in [6.45, 7) is 0. The van der Waals surface area contributed by atoms with Crippen molar-refractivity contribution in [2.24, 2.45) is 0 Å². The van der Waals surface area contributed by atoms with E-state index in [1.54, 1.807) is 18.3 Å². The van der Waals surface area contributed by atoms with Gasteiger partial charge in [-0.3, -0.25) is 4.98 Å². The van der Waals surface area contributed by atoms with Crippen LogP contribution >= 0.6 is 28.6 Å². The highest BCUT2D eigenvalue weighted by Gasteiger charge is 2.16. The van der Waals surface area contributed by atoms with E-state index in [1.165, 1.54) is 0 Å². The molecule has 0 fully saturated rings. The van der Waals surface area contributed by atoms with E-state index >= 15 is 0 Å². The van der Waals surface area contributed by atoms with E-state index in [2.05, 4.69) is 53.8 Å². The number of aromatic amines is 1. The van der Waals surface area contributed by atoms with Crippen molar-refractivity contribution in [3.8, 4) is 11.4 Å². The van der Waals surface area contributed by atoms with Crippen molar-refractivity contribution in [1.29, 1.82) is 0 Å². The van der Waals surface area contributed by atoms with Gasteiger partial charge in [-0.05, 0) is 28.1 Å². The van der Waals surface area contributed by atoms with Crippen LogP contribution in [0.15, 0.2) is 32.8 Å². The fourth-order valence-electron chi connectivity index (χ4n) is 1.50. The summed E-state index contributed by atoms with van der Waals surface area (Å²) in [5.41, 5.74) is 1.01. The summed E-state index contributed by atoms with van der Waals surface area (Å²) in [5, 5.41) is 12.1. The predicted octanol–water partition coefficient (Wildman–Crippen LogP) is 0.926. The predicted molar refractivity (Wildman–Crippen MR) is 69.6 cm³/mol. The lowest BCUT2D eigenvalue weighted by Gasteiger charge is -1.93. The van der Waals surface area contributed by atoms with E-state index in [4.69, 9.17) is 0 Å². The van der Waals surface area contributed by atoms with Crippen molar-refractivity contribution >= 4 is 34.2 Å². The molecule has 0 aliphatic carbocycles. The van der Waals surface area contributed by atoms with E-state index < -0.39 is 5.69 Å². The first kappa shape index (κ1) is 11.4. The number of fused-ring (bicyclic) bond motifs is 1. The van der Waals surface area contributed by atoms with Crippen LogP contribution in [0.5, 0.6) is 0 Å². The third-order valence-corrected chi connectivity index (χ3v) is 3.18. The topological polar surface area (TPSA) is 88.8 Å². The number of hydrogen-bond acceptors (Lipinski definition) is 6. The Hall–Kier alpha value is -1.74. The summed E-state index contributed by atoms with van der Waals surface area (Å²) in [7, 11) is 0. The quantitative estimate of drug-likeness (QED) is 0.650. The normalized spacial score (nSPS) is 11.0. The Bertz CT molecular complexity index is 783. The lowest BCUT2D eigenvalue weighted by Crippen LogP contribution is -2.18. The third-order valence-electron chi connectivity index (χ3n) is 2.24. The van der Waals surface area contributed by atoms with Gasteiger partial charge >= 0.3 is 5.69 Å². The molecule has 0 bridgehead atoms. The Kier molecular flexibility index (Phi) is 2.63. The minimum atomic E-state index is -0.416. The van der Waals surface area contributed by atoms with Crippen molar-refractivity contribution in [2.45, 2.75) is 5.16 Å². The van der Waals surface area contributed by atoms with Crippen LogP contribution in [0.2, 0.25) is 0 Å². The fourth-order valence-corrected chi connectivity index (χ4v) is 2.23. The Morgan fingerprint density at radius 3 is 3.00 bits per heavy atom. The molecule has 18 heavy (non-hydrogen) atoms. The minimum Gasteiger partial charge on any atom is -0.285 e. The summed E-state index contributed by atoms with van der Waals surface area (Å²) >= 11 is 7.37. The maximum atomic E-state index is 11.7. The molecule has 3 heterocycles. The molecule has 0 aliphatic heterocycles. The van der Waals surface area contributed by atoms with Crippen molar-refractivity contribution in [3.63, 3.8) is 0 Å². The molecule has 3 aromatic rings. The van der Waals surface area contributed by atoms with Gasteiger partial charge in [0, 0.05) is 6.20 Å². The molecule has 3 aromatic heterocycles. The van der Waals surface area contributed by atoms with Crippen LogP contribution in [0.1, 0.15) is 0 Å². The van der Waals surface area contributed by atoms with Gasteiger partial charge < -0.3 is 0 Å². The summed E-state index contributed by atoms with van der Waals surface area (Å²) in [5.74, 6) is 0. The first-order chi connectivity index (χ1) is 8.66. The van der Waals surface area contributed by atoms with Gasteiger partial charge in [0.2, 0.25) is 0 Å². The first-order valence-electron chi connectivity index (χ1n) is 4.82. The minimum absolute atomic E-state index is 0.221. The number of halogens is 1. The lowest BCUT2D eigenvalue weighted by atomic mass is 10.3. The average molecular weight is 325 g/mol. The average Bonchev–Trinajstić information content (AvgIpc) is 2.69. The van der Waals surface area contributed by atoms with Crippen LogP contribution in [-0.2, 0) is 0 Å². The first-order valence-corrected chi connectivity index (χ1v) is 6.06. The van der Waals surface area contributed by atoms with Gasteiger partial charge in [-0.2, -0.15) is 14.7 Å². The monoisotopic (exact) mass is 324 g/mol. The van der Waals surface area contributed by atoms with Crippen molar-refractivity contribution in [3.05, 3.63) is 33.3 Å². The van der Waals surface area contributed by atoms with Crippen molar-refractivity contribution in [1.82, 2.24) is 29.8 Å². The molecule has 0 saturated heterocycles. The number of nitrogens with zero attached hydrogens (tertiary/aromatic N) is 5. The zero-order valence-corrected chi connectivity index (χ0v) is 11.2. The van der Waals surface area contributed by atoms with E-state index in [9.17, 15) is 4.79 Å². The molecule has 3 rings (SSSR count). The Labute approximate surface area is 114 Å². The summed E-state index contributed by atoms with van der Waals surface area (Å²) < 4.78 is 1.72. The van der Waals surface area contributed by atoms with Gasteiger partial charge in [0.15, 0.2) is 10.8 Å². The summed E-state index contributed by atoms with van der Waals surface area (Å²) in [6.07, 6.45) is 1.56. The molecule has 0 saturated carbocycles. The molecule has 7 nitrogen and oxygen atoms in total. The molecular weight excluding hydrogens is 320 g/mol. The van der Waals surface area contributed by atoms with Gasteiger partial charge in [0.05, 0.1) is 4.47 Å². The largest absolute Gasteiger partial charge is 0.350 e. The molecule has 0 amide bonds. The van der Waals surface area contributed by atoms with Crippen molar-refractivity contribution < 1.29 is 0 Å². The standard InChI is InChI=1S/C9H5BrN6OS/c10-5-6(4-2-1-3-11-14-4)15-16-7(5)12-8(18)13-9(16)17/h1-3H,(H2,12,13,17,18). The Balaban J connectivity index is 2.37. The second kappa shape index (κ2) is 4.18. The molecule has 0 radical (unpaired) electrons. The highest BCUT2D eigenvalue weighted by atomic mass is 79.9. The van der Waals surface area contributed by atoms with Crippen LogP contribution in [0.4, 0.5) is 0 Å². The molecule has 0 aliphatic rings. The molecule has 0 spiro atoms. The highest BCUT2D eigenvalue weighted by molar-refractivity contribution is 9.10. The molecule has 1 N–H and O–H groups in total. The van der Waals surface area contributed by atoms with Crippen LogP contribution < -0.4 is 5.69 Å². The van der Waals surface area contributed by atoms with E-state index in [0.29, 0.717) is 21.5 Å². The second-order valence-electron chi connectivity index (χ2n) is 3.37. The second-order valence-corrected chi connectivity index (χ2v) is 4.59. The molecule has 0 atom stereocenters. The molecule has 9 heteroatoms. The van der Waals surface area contributed by atoms with Gasteiger partial charge in [-0.15, -0.1) is 17.7 Å². The van der Waals surface area contributed by atoms with E-state index in [0.717, 1.165) is 4.52 Å². The van der Waals surface area contributed by atoms with Crippen LogP contribution in [-0.4, -0.2) is 29.8 Å². The maximum Gasteiger partial charge on any atom is 0.350 e. The maximum absolute atomic E-state index is 11.7. The molecular formula is C9H5BrN6OS. The molecule has 90 valence electrons. The van der Waals surface area contributed by atoms with Crippen LogP contribution in [0.25, 0.3) is 17.0 Å². The zero-order valence-electron chi connectivity index (χ0n) is 8.70. The van der Waals surface area contributed by atoms with Crippen LogP contribution in [0, 0.1) is 0 Å². The number of aromatic nitrogens is 6. The van der Waals surface area contributed by atoms with Crippen molar-refractivity contribution in [2.75, 3.05) is 0 Å². The third kappa shape index (κ3) is 1.71. The van der Waals surface area contributed by atoms with Gasteiger partial charge in [-0.1, -0.05) is 0 Å². The highest BCUT2D eigenvalue weighted by Crippen LogP contribution is 2.27. The number of H-pyrrole nitrogens is 1. The zero-order chi connectivity index (χ0) is 12.7. The number of thiol groups is 1. The van der Waals surface area contributed by atoms with E-state index in [1.807, 2.05) is 0 Å². The van der Waals surface area contributed by atoms with Gasteiger partial charge in [0.25, 0.3) is 0 Å². The Morgan fingerprint density at radius 2 is 2.28 bits per heavy atom. The lowest BCUT2D eigenvalue weighted by molar-refractivity contribution is 0.789. The molecule has 0 aromatic carbocycles. The SMILES string of the molecule is O=c1[nH]c(S)nc2c(Br)c(-c3cccnn3)nn12. The van der Waals surface area contributed by atoms with Gasteiger partial charge in [0.1, 0.15) is 11.4 Å². The number of rotatable bonds is 1. The summed E-state index contributed by atoms with van der Waals surface area (Å²) in [4.78, 5) is 18.2. The fraction of sp³-hybridized carbons (Fsp3) is 0. The summed E-state index contributed by atoms with van der Waals surface area (Å²) in [6, 6.07) is 3.48. The number of nitrogens with one attached hydrogen (secondary N) is 1. The Morgan fingerprint density at radius 1 is 1.44 bits per heavy atom. The molecule has 0 unspecified atom stereocenters. The number of hydrogen-bond donors (Lipinski definition) is 2. The smallest absolute Gasteiger partial charge is 0.285 e.